The first-order valence-corrected chi connectivity index (χ1v) is 7.19. The first-order chi connectivity index (χ1) is 9.18. The third-order valence-corrected chi connectivity index (χ3v) is 4.57. The molecule has 2 nitrogen and oxygen atoms in total. The fourth-order valence-corrected chi connectivity index (χ4v) is 3.87. The van der Waals surface area contributed by atoms with Gasteiger partial charge in [0.2, 0.25) is 0 Å². The van der Waals surface area contributed by atoms with Crippen molar-refractivity contribution in [2.45, 2.75) is 24.1 Å². The van der Waals surface area contributed by atoms with Crippen LogP contribution in [0.3, 0.4) is 0 Å². The minimum absolute atomic E-state index is 0. The smallest absolute Gasteiger partial charge is 0.121 e. The molecule has 1 unspecified atom stereocenters. The first-order valence-electron chi connectivity index (χ1n) is 6.31. The van der Waals surface area contributed by atoms with E-state index >= 15 is 0 Å². The van der Waals surface area contributed by atoms with Crippen molar-refractivity contribution in [3.63, 3.8) is 0 Å². The quantitative estimate of drug-likeness (QED) is 0.642. The van der Waals surface area contributed by atoms with Crippen LogP contribution >= 0.6 is 11.8 Å². The molecule has 0 aromatic heterocycles. The van der Waals surface area contributed by atoms with Gasteiger partial charge in [-0.05, 0) is 18.2 Å². The number of anilines is 1. The van der Waals surface area contributed by atoms with Crippen LogP contribution in [0.15, 0.2) is 53.4 Å². The van der Waals surface area contributed by atoms with Gasteiger partial charge in [-0.2, -0.15) is 13.8 Å². The number of benzene rings is 2. The van der Waals surface area contributed by atoms with Crippen molar-refractivity contribution in [3.05, 3.63) is 60.1 Å². The summed E-state index contributed by atoms with van der Waals surface area (Å²) in [6.45, 7) is 4.21. The Bertz CT molecular complexity index is 603. The minimum Gasteiger partial charge on any atom is -0.508 e. The molecule has 1 aliphatic rings. The van der Waals surface area contributed by atoms with Crippen LogP contribution in [-0.2, 0) is 19.5 Å². The predicted molar refractivity (Wildman–Crippen MR) is 80.2 cm³/mol. The van der Waals surface area contributed by atoms with Gasteiger partial charge in [0.05, 0.1) is 5.37 Å². The van der Waals surface area contributed by atoms with Crippen molar-refractivity contribution in [1.82, 2.24) is 0 Å². The third kappa shape index (κ3) is 2.59. The van der Waals surface area contributed by atoms with Crippen molar-refractivity contribution < 1.29 is 24.6 Å². The fraction of sp³-hybridized carbons (Fsp3) is 0.188. The number of phenolic OH excluding ortho intramolecular Hbond substituents is 1. The van der Waals surface area contributed by atoms with Crippen LogP contribution in [0.1, 0.15) is 24.8 Å². The molecule has 2 aromatic rings. The van der Waals surface area contributed by atoms with Crippen LogP contribution in [-0.4, -0.2) is 5.11 Å². The van der Waals surface area contributed by atoms with Crippen LogP contribution in [0.4, 0.5) is 5.69 Å². The minimum atomic E-state index is 0. The summed E-state index contributed by atoms with van der Waals surface area (Å²) in [5.41, 5.74) is 2.19. The molecule has 0 amide bonds. The Balaban J connectivity index is 0.00000147. The third-order valence-electron chi connectivity index (χ3n) is 3.28. The normalized spacial score (nSPS) is 16.9. The van der Waals surface area contributed by atoms with Crippen molar-refractivity contribution >= 4 is 17.4 Å². The molecule has 100 valence electrons. The van der Waals surface area contributed by atoms with E-state index in [0.717, 1.165) is 5.56 Å². The molecule has 4 heteroatoms. The summed E-state index contributed by atoms with van der Waals surface area (Å²) < 4.78 is 0. The van der Waals surface area contributed by atoms with E-state index in [2.05, 4.69) is 43.0 Å². The molecule has 0 saturated carbocycles. The monoisotopic (exact) mass is 334 g/mol. The summed E-state index contributed by atoms with van der Waals surface area (Å²) in [7, 11) is 0. The summed E-state index contributed by atoms with van der Waals surface area (Å²) in [6.07, 6.45) is 0. The van der Waals surface area contributed by atoms with Crippen LogP contribution < -0.4 is 4.90 Å². The summed E-state index contributed by atoms with van der Waals surface area (Å²) in [5.74, 6) is 0.360. The summed E-state index contributed by atoms with van der Waals surface area (Å²) in [5, 5.41) is 10.2. The Morgan fingerprint density at radius 3 is 2.40 bits per heavy atom. The Morgan fingerprint density at radius 2 is 1.70 bits per heavy atom. The molecule has 0 fully saturated rings. The van der Waals surface area contributed by atoms with Gasteiger partial charge in [-0.15, -0.1) is 0 Å². The fourth-order valence-electron chi connectivity index (χ4n) is 2.43. The predicted octanol–water partition coefficient (Wildman–Crippen LogP) is 4.57. The van der Waals surface area contributed by atoms with Crippen LogP contribution in [0.2, 0.25) is 0 Å². The summed E-state index contributed by atoms with van der Waals surface area (Å²) >= 11 is 1.78. The number of aromatic hydroxyl groups is 1. The van der Waals surface area contributed by atoms with Crippen molar-refractivity contribution in [3.8, 4) is 5.75 Å². The molecule has 1 atom stereocenters. The standard InChI is InChI=1S/C16H16NOS.Zn/c1-11(2)17-13-8-4-6-10-15(13)19-16(17)12-7-3-5-9-14(12)18;/h3-10,16,18H,1-2H3;/q-1;. The number of hydrogen-bond acceptors (Lipinski definition) is 3. The average Bonchev–Trinajstić information content (AvgIpc) is 2.78. The topological polar surface area (TPSA) is 23.5 Å². The van der Waals surface area contributed by atoms with Crippen LogP contribution in [0, 0.1) is 6.04 Å². The van der Waals surface area contributed by atoms with E-state index in [9.17, 15) is 5.11 Å². The van der Waals surface area contributed by atoms with E-state index in [1.807, 2.05) is 18.2 Å². The summed E-state index contributed by atoms with van der Waals surface area (Å²) in [6, 6.07) is 17.2. The zero-order valence-electron chi connectivity index (χ0n) is 11.7. The maximum Gasteiger partial charge on any atom is 0.121 e. The van der Waals surface area contributed by atoms with E-state index < -0.39 is 0 Å². The van der Waals surface area contributed by atoms with Crippen LogP contribution in [0.5, 0.6) is 5.75 Å². The average molecular weight is 336 g/mol. The number of rotatable bonds is 2. The number of fused-ring (bicyclic) bond motifs is 1. The summed E-state index contributed by atoms with van der Waals surface area (Å²) in [4.78, 5) is 3.55. The molecule has 20 heavy (non-hydrogen) atoms. The van der Waals surface area contributed by atoms with Gasteiger partial charge in [-0.3, -0.25) is 0 Å². The molecular weight excluding hydrogens is 320 g/mol. The van der Waals surface area contributed by atoms with Gasteiger partial charge in [0.25, 0.3) is 0 Å². The Kier molecular flexibility index (Phi) is 4.77. The molecule has 0 saturated heterocycles. The molecule has 2 aromatic carbocycles. The molecule has 0 bridgehead atoms. The van der Waals surface area contributed by atoms with E-state index in [-0.39, 0.29) is 24.9 Å². The second-order valence-corrected chi connectivity index (χ2v) is 5.94. The molecule has 1 aliphatic heterocycles. The van der Waals surface area contributed by atoms with E-state index in [1.54, 1.807) is 17.8 Å². The van der Waals surface area contributed by atoms with Crippen LogP contribution in [0.25, 0.3) is 0 Å². The van der Waals surface area contributed by atoms with Gasteiger partial charge in [-0.1, -0.05) is 42.1 Å². The van der Waals surface area contributed by atoms with Gasteiger partial charge in [-0.25, -0.2) is 6.04 Å². The van der Waals surface area contributed by atoms with Gasteiger partial charge in [0, 0.05) is 35.6 Å². The van der Waals surface area contributed by atoms with E-state index in [1.165, 1.54) is 16.6 Å². The Hall–Kier alpha value is -0.987. The van der Waals surface area contributed by atoms with Gasteiger partial charge in [0.1, 0.15) is 5.75 Å². The molecular formula is C16H16NOSZn-. The zero-order valence-corrected chi connectivity index (χ0v) is 15.5. The number of nitrogens with zero attached hydrogens (tertiary/aromatic N) is 1. The molecule has 3 rings (SSSR count). The number of para-hydroxylation sites is 2. The van der Waals surface area contributed by atoms with Crippen molar-refractivity contribution in [2.75, 3.05) is 4.90 Å². The van der Waals surface area contributed by atoms with Gasteiger partial charge >= 0.3 is 0 Å². The van der Waals surface area contributed by atoms with Crippen molar-refractivity contribution in [2.24, 2.45) is 0 Å². The molecule has 0 aliphatic carbocycles. The van der Waals surface area contributed by atoms with Gasteiger partial charge in [0.15, 0.2) is 0 Å². The second-order valence-electron chi connectivity index (χ2n) is 4.81. The molecule has 1 N–H and O–H groups in total. The maximum absolute atomic E-state index is 10.1. The van der Waals surface area contributed by atoms with E-state index in [4.69, 9.17) is 0 Å². The largest absolute Gasteiger partial charge is 0.508 e. The van der Waals surface area contributed by atoms with E-state index in [0.29, 0.717) is 5.75 Å². The number of thioether (sulfide) groups is 1. The molecule has 0 spiro atoms. The maximum atomic E-state index is 10.1. The number of hydrogen-bond donors (Lipinski definition) is 1. The van der Waals surface area contributed by atoms with Crippen molar-refractivity contribution in [1.29, 1.82) is 0 Å². The SMILES string of the molecule is C[C-](C)N1c2ccccc2SC1c1ccccc1O.[Zn]. The molecule has 1 heterocycles. The number of phenols is 1. The zero-order chi connectivity index (χ0) is 13.4. The Labute approximate surface area is 137 Å². The van der Waals surface area contributed by atoms with Gasteiger partial charge < -0.3 is 10.0 Å². The Morgan fingerprint density at radius 1 is 1.05 bits per heavy atom. The first kappa shape index (κ1) is 15.4. The molecule has 0 radical (unpaired) electrons. The second kappa shape index (κ2) is 6.19.